The van der Waals surface area contributed by atoms with E-state index in [9.17, 15) is 107 Å². The number of carbonyl (C=O) groups excluding carboxylic acids is 14. The van der Waals surface area contributed by atoms with Gasteiger partial charge in [0.15, 0.2) is 11.9 Å². The number of guanidine groups is 2. The molecule has 0 saturated carbocycles. The second kappa shape index (κ2) is 54.7. The summed E-state index contributed by atoms with van der Waals surface area (Å²) in [5.41, 5.74) is 39.6. The number of nitro groups is 1. The number of nitrogens with one attached hydrogen (secondary N) is 13. The van der Waals surface area contributed by atoms with E-state index in [1.807, 2.05) is 0 Å². The number of primary amides is 1. The van der Waals surface area contributed by atoms with Gasteiger partial charge in [-0.3, -0.25) is 92.0 Å². The lowest BCUT2D eigenvalue weighted by Crippen LogP contribution is -2.61. The van der Waals surface area contributed by atoms with Gasteiger partial charge in [-0.25, -0.2) is 9.59 Å². The lowest BCUT2D eigenvalue weighted by atomic mass is 10.0. The normalized spacial score (nSPS) is 14.3. The Kier molecular flexibility index (Phi) is 48.1. The molecule has 0 saturated heterocycles. The summed E-state index contributed by atoms with van der Waals surface area (Å²) in [7, 11) is 0. The number of hydrogen-bond donors (Lipinski definition) is 23. The number of aliphatic imine (C=N–C) groups is 2. The first kappa shape index (κ1) is 104. The maximum absolute atomic E-state index is 14.7. The summed E-state index contributed by atoms with van der Waals surface area (Å²) in [6.07, 6.45) is -3.64. The van der Waals surface area contributed by atoms with Crippen LogP contribution in [0.1, 0.15) is 177 Å². The first-order chi connectivity index (χ1) is 55.3. The van der Waals surface area contributed by atoms with Crippen LogP contribution < -0.4 is 109 Å². The monoisotopic (exact) mass is 1680 g/mol. The minimum atomic E-state index is -1.88. The van der Waals surface area contributed by atoms with Crippen LogP contribution in [-0.2, 0) is 88.1 Å². The Morgan fingerprint density at radius 2 is 0.831 bits per heavy atom. The average Bonchev–Trinajstić information content (AvgIpc) is 0.851. The molecule has 0 aliphatic rings. The van der Waals surface area contributed by atoms with Gasteiger partial charge in [0.05, 0.1) is 22.9 Å². The van der Waals surface area contributed by atoms with E-state index in [4.69, 9.17) is 44.9 Å². The molecule has 0 aliphatic carbocycles. The number of nitrogens with two attached hydrogens (primary N) is 7. The van der Waals surface area contributed by atoms with Crippen LogP contribution in [-0.4, -0.2) is 238 Å². The fourth-order valence-electron chi connectivity index (χ4n) is 11.2. The number of alkyl carbamates (subject to hydrolysis) is 1. The van der Waals surface area contributed by atoms with Gasteiger partial charge in [-0.05, 0) is 141 Å². The number of carboxylic acid groups (broad SMARTS) is 3. The van der Waals surface area contributed by atoms with Crippen molar-refractivity contribution in [2.24, 2.45) is 67.9 Å². The molecule has 14 amide bonds. The van der Waals surface area contributed by atoms with Crippen LogP contribution >= 0.6 is 0 Å². The largest absolute Gasteiger partial charge is 0.481 e. The predicted octanol–water partition coefficient (Wildman–Crippen LogP) is -5.13. The van der Waals surface area contributed by atoms with Crippen LogP contribution in [0.25, 0.3) is 0 Å². The van der Waals surface area contributed by atoms with Crippen molar-refractivity contribution in [1.29, 1.82) is 0 Å². The zero-order valence-corrected chi connectivity index (χ0v) is 68.0. The minimum Gasteiger partial charge on any atom is -0.481 e. The van der Waals surface area contributed by atoms with E-state index >= 15 is 0 Å². The third-order valence-corrected chi connectivity index (χ3v) is 17.6. The summed E-state index contributed by atoms with van der Waals surface area (Å²) in [6.45, 7) is 13.1. The second-order valence-electron chi connectivity index (χ2n) is 29.2. The number of nitrogens with zero attached hydrogens (tertiary/aromatic N) is 3. The number of amides is 14. The Hall–Kier alpha value is -12.1. The Morgan fingerprint density at radius 3 is 1.26 bits per heavy atom. The second-order valence-corrected chi connectivity index (χ2v) is 29.2. The minimum absolute atomic E-state index is 0.00667. The smallest absolute Gasteiger partial charge is 0.407 e. The molecule has 1 aromatic carbocycles. The van der Waals surface area contributed by atoms with E-state index in [-0.39, 0.29) is 119 Å². The van der Waals surface area contributed by atoms with Gasteiger partial charge in [-0.15, -0.1) is 0 Å². The highest BCUT2D eigenvalue weighted by atomic mass is 16.6. The molecule has 1 aromatic rings. The van der Waals surface area contributed by atoms with Crippen molar-refractivity contribution in [3.63, 3.8) is 0 Å². The van der Waals surface area contributed by atoms with Crippen LogP contribution in [0, 0.1) is 27.9 Å². The molecule has 0 aliphatic heterocycles. The number of nitro benzene ring substituents is 1. The molecule has 662 valence electrons. The van der Waals surface area contributed by atoms with Crippen molar-refractivity contribution < 1.29 is 106 Å². The number of hydrogen-bond acceptors (Lipinski definition) is 24. The third kappa shape index (κ3) is 42.5. The third-order valence-electron chi connectivity index (χ3n) is 17.6. The summed E-state index contributed by atoms with van der Waals surface area (Å²) in [4.78, 5) is 246. The molecule has 118 heavy (non-hydrogen) atoms. The number of carbonyl (C=O) groups is 17. The maximum Gasteiger partial charge on any atom is 0.407 e. The zero-order valence-electron chi connectivity index (χ0n) is 68.0. The fraction of sp³-hybridized carbons (Fsp3) is 0.653. The molecule has 30 N–H and O–H groups in total. The SMILES string of the molecule is CC(C)C[C@H](NC(=O)[C@H](C)NC(=O)[C@H](CC(=O)O)NC(=O)[C@@H](NC(=O)[C@H](C)NC(=O)[C@H](CCC(=O)O)NC(=O)[C@H](CCC(N)=O)NC(=O)[C@H](CCCN=C(N)N)NC(=O)[C@H](CCCN=C(N)N)NC(=O)[C@H](CC(C)C)NC(=O)[C@H](C)NC(=O)[C@H](CCCCN)NC(=O)[C@@H](N)CCCCNC(=O)OCc1ccccc1[N+](=O)[O-])C(C)C)C(=O)O. The molecule has 0 spiro atoms. The van der Waals surface area contributed by atoms with E-state index < -0.39 is 222 Å². The van der Waals surface area contributed by atoms with Crippen molar-refractivity contribution in [3.05, 3.63) is 39.9 Å². The Labute approximate surface area is 682 Å². The summed E-state index contributed by atoms with van der Waals surface area (Å²) >= 11 is 0. The van der Waals surface area contributed by atoms with Crippen molar-refractivity contribution in [2.45, 2.75) is 257 Å². The summed E-state index contributed by atoms with van der Waals surface area (Å²) in [6, 6.07) is -14.2. The van der Waals surface area contributed by atoms with Crippen LogP contribution in [0.3, 0.4) is 0 Å². The van der Waals surface area contributed by atoms with Gasteiger partial charge < -0.3 is 129 Å². The molecule has 1 rings (SSSR count). The Bertz CT molecular complexity index is 3650. The number of aliphatic carboxylic acids is 3. The van der Waals surface area contributed by atoms with E-state index in [0.717, 1.165) is 6.92 Å². The molecular formula is C72H121N23O23. The van der Waals surface area contributed by atoms with Crippen molar-refractivity contribution in [2.75, 3.05) is 26.2 Å². The van der Waals surface area contributed by atoms with Gasteiger partial charge in [0.25, 0.3) is 5.69 Å². The van der Waals surface area contributed by atoms with Gasteiger partial charge >= 0.3 is 24.0 Å². The molecule has 46 heteroatoms. The molecule has 0 bridgehead atoms. The highest BCUT2D eigenvalue weighted by Crippen LogP contribution is 2.19. The van der Waals surface area contributed by atoms with Gasteiger partial charge in [0.1, 0.15) is 79.1 Å². The topological polar surface area (TPSA) is 766 Å². The lowest BCUT2D eigenvalue weighted by Gasteiger charge is -2.28. The quantitative estimate of drug-likeness (QED) is 0.00953. The number of para-hydroxylation sites is 1. The molecule has 0 unspecified atom stereocenters. The van der Waals surface area contributed by atoms with E-state index in [1.54, 1.807) is 33.8 Å². The van der Waals surface area contributed by atoms with Crippen LogP contribution in [0.5, 0.6) is 0 Å². The van der Waals surface area contributed by atoms with Gasteiger partial charge in [0, 0.05) is 38.5 Å². The summed E-state index contributed by atoms with van der Waals surface area (Å²) < 4.78 is 5.10. The maximum atomic E-state index is 14.7. The standard InChI is InChI=1S/C72H121N23O23/c1-36(2)32-49(91-57(101)39(7)83-61(105)44(20-12-14-28-73)86-60(104)43(74)19-13-15-29-82-72(115)118-35-42-18-10-11-23-52(42)95(116)117)67(111)88-46(22-17-31-81-71(78)79)63(107)87-45(21-16-30-80-70(76)77)64(108)89-47(24-26-53(75)96)65(109)90-48(25-27-54(97)98)62(106)84-41(9)59(103)94-56(38(5)6)68(112)92-50(34-55(99)100)66(110)85-40(8)58(102)93-51(69(113)114)33-37(3)4/h10-11,18,23,36-41,43-51,56H,12-17,19-22,24-35,73-74H2,1-9H3,(H2,75,96)(H,82,115)(H,83,105)(H,84,106)(H,85,110)(H,86,104)(H,87,107)(H,88,111)(H,89,108)(H,90,109)(H,91,101)(H,92,112)(H,93,102)(H,94,103)(H,97,98)(H,99,100)(H,113,114)(H4,76,77,80)(H4,78,79,81)/t39-,40-,41-,43-,44-,45-,46-,47-,48-,49-,50-,51-,56-/m0/s1. The average molecular weight is 1680 g/mol. The highest BCUT2D eigenvalue weighted by Gasteiger charge is 2.38. The first-order valence-corrected chi connectivity index (χ1v) is 38.6. The van der Waals surface area contributed by atoms with E-state index in [0.29, 0.717) is 25.7 Å². The first-order valence-electron chi connectivity index (χ1n) is 38.6. The Morgan fingerprint density at radius 1 is 0.441 bits per heavy atom. The number of rotatable bonds is 58. The number of unbranched alkanes of at least 4 members (excludes halogenated alkanes) is 2. The lowest BCUT2D eigenvalue weighted by molar-refractivity contribution is -0.385. The van der Waals surface area contributed by atoms with Crippen molar-refractivity contribution >= 4 is 118 Å². The van der Waals surface area contributed by atoms with Crippen LogP contribution in [0.2, 0.25) is 0 Å². The zero-order chi connectivity index (χ0) is 89.6. The summed E-state index contributed by atoms with van der Waals surface area (Å²) in [5, 5.41) is 71.9. The fourth-order valence-corrected chi connectivity index (χ4v) is 11.2. The molecule has 0 fully saturated rings. The predicted molar refractivity (Wildman–Crippen MR) is 425 cm³/mol. The number of ether oxygens (including phenoxy) is 1. The van der Waals surface area contributed by atoms with Crippen LogP contribution in [0.4, 0.5) is 10.5 Å². The van der Waals surface area contributed by atoms with Crippen molar-refractivity contribution in [1.82, 2.24) is 69.1 Å². The number of carboxylic acids is 3. The molecule has 13 atom stereocenters. The molecular weight excluding hydrogens is 1550 g/mol. The highest BCUT2D eigenvalue weighted by molar-refractivity contribution is 6.00. The van der Waals surface area contributed by atoms with Gasteiger partial charge in [-0.1, -0.05) is 53.7 Å². The van der Waals surface area contributed by atoms with Gasteiger partial charge in [-0.2, -0.15) is 0 Å². The molecule has 0 radical (unpaired) electrons. The molecule has 46 nitrogen and oxygen atoms in total. The number of benzene rings is 1. The van der Waals surface area contributed by atoms with E-state index in [1.165, 1.54) is 45.9 Å². The van der Waals surface area contributed by atoms with E-state index in [2.05, 4.69) is 79.1 Å². The van der Waals surface area contributed by atoms with Crippen LogP contribution in [0.15, 0.2) is 34.3 Å². The summed E-state index contributed by atoms with van der Waals surface area (Å²) in [5.74, 6) is -19.7. The molecule has 0 heterocycles. The Balaban J connectivity index is 3.54. The molecule has 0 aromatic heterocycles. The van der Waals surface area contributed by atoms with Gasteiger partial charge in [0.2, 0.25) is 76.8 Å². The van der Waals surface area contributed by atoms with Crippen molar-refractivity contribution in [3.8, 4) is 0 Å².